The normalized spacial score (nSPS) is 13.8. The van der Waals surface area contributed by atoms with E-state index in [0.717, 1.165) is 41.6 Å². The highest BCUT2D eigenvalue weighted by atomic mass is 16.5. The molecule has 1 saturated heterocycles. The van der Waals surface area contributed by atoms with Gasteiger partial charge in [-0.05, 0) is 74.2 Å². The highest BCUT2D eigenvalue weighted by Gasteiger charge is 2.11. The van der Waals surface area contributed by atoms with Crippen LogP contribution in [0.4, 0.5) is 28.8 Å². The number of aromatic nitrogens is 2. The molecular formula is C23H27N5O. The molecule has 6 heteroatoms. The van der Waals surface area contributed by atoms with E-state index >= 15 is 0 Å². The second-order valence-electron chi connectivity index (χ2n) is 7.31. The summed E-state index contributed by atoms with van der Waals surface area (Å²) in [5.41, 5.74) is 4.27. The van der Waals surface area contributed by atoms with E-state index in [1.54, 1.807) is 13.3 Å². The van der Waals surface area contributed by atoms with Crippen molar-refractivity contribution in [3.05, 3.63) is 60.3 Å². The Morgan fingerprint density at radius 2 is 1.72 bits per heavy atom. The first-order valence-corrected chi connectivity index (χ1v) is 10.1. The summed E-state index contributed by atoms with van der Waals surface area (Å²) in [6.07, 6.45) is 5.64. The van der Waals surface area contributed by atoms with Gasteiger partial charge < -0.3 is 20.3 Å². The van der Waals surface area contributed by atoms with Gasteiger partial charge in [0.15, 0.2) is 0 Å². The van der Waals surface area contributed by atoms with Gasteiger partial charge in [-0.25, -0.2) is 4.98 Å². The van der Waals surface area contributed by atoms with Gasteiger partial charge in [-0.1, -0.05) is 6.07 Å². The van der Waals surface area contributed by atoms with E-state index in [4.69, 9.17) is 4.74 Å². The van der Waals surface area contributed by atoms with Gasteiger partial charge in [0, 0.05) is 30.7 Å². The van der Waals surface area contributed by atoms with Gasteiger partial charge in [-0.2, -0.15) is 4.98 Å². The maximum Gasteiger partial charge on any atom is 0.229 e. The van der Waals surface area contributed by atoms with Gasteiger partial charge in [-0.3, -0.25) is 0 Å². The monoisotopic (exact) mass is 389 g/mol. The van der Waals surface area contributed by atoms with Crippen molar-refractivity contribution in [1.29, 1.82) is 0 Å². The third-order valence-electron chi connectivity index (χ3n) is 5.12. The van der Waals surface area contributed by atoms with E-state index in [-0.39, 0.29) is 0 Å². The molecule has 0 aliphatic carbocycles. The van der Waals surface area contributed by atoms with E-state index in [1.165, 1.54) is 24.9 Å². The first kappa shape index (κ1) is 19.1. The topological polar surface area (TPSA) is 62.3 Å². The van der Waals surface area contributed by atoms with E-state index in [0.29, 0.717) is 5.95 Å². The van der Waals surface area contributed by atoms with E-state index < -0.39 is 0 Å². The lowest BCUT2D eigenvalue weighted by Crippen LogP contribution is -2.29. The molecule has 0 bridgehead atoms. The summed E-state index contributed by atoms with van der Waals surface area (Å²) in [4.78, 5) is 11.4. The van der Waals surface area contributed by atoms with Crippen LogP contribution in [0.2, 0.25) is 0 Å². The molecule has 3 aromatic rings. The molecule has 2 heterocycles. The van der Waals surface area contributed by atoms with Crippen LogP contribution in [0.15, 0.2) is 54.7 Å². The number of aryl methyl sites for hydroxylation is 1. The zero-order chi connectivity index (χ0) is 20.1. The molecule has 1 aliphatic heterocycles. The predicted octanol–water partition coefficient (Wildman–Crippen LogP) is 5.27. The molecule has 0 amide bonds. The minimum Gasteiger partial charge on any atom is -0.495 e. The minimum absolute atomic E-state index is 0.517. The first-order chi connectivity index (χ1) is 14.2. The van der Waals surface area contributed by atoms with Crippen LogP contribution in [-0.2, 0) is 0 Å². The number of anilines is 5. The predicted molar refractivity (Wildman–Crippen MR) is 119 cm³/mol. The van der Waals surface area contributed by atoms with Crippen LogP contribution < -0.4 is 20.3 Å². The quantitative estimate of drug-likeness (QED) is 0.599. The third kappa shape index (κ3) is 4.77. The number of hydrogen-bond donors (Lipinski definition) is 2. The molecule has 2 aromatic carbocycles. The molecule has 1 aliphatic rings. The summed E-state index contributed by atoms with van der Waals surface area (Å²) in [7, 11) is 1.65. The molecule has 4 rings (SSSR count). The van der Waals surface area contributed by atoms with Crippen LogP contribution >= 0.6 is 0 Å². The fraction of sp³-hybridized carbons (Fsp3) is 0.304. The van der Waals surface area contributed by atoms with Crippen molar-refractivity contribution >= 4 is 28.8 Å². The second kappa shape index (κ2) is 8.82. The summed E-state index contributed by atoms with van der Waals surface area (Å²) in [6, 6.07) is 16.4. The van der Waals surface area contributed by atoms with Crippen molar-refractivity contribution in [2.24, 2.45) is 0 Å². The lowest BCUT2D eigenvalue weighted by molar-refractivity contribution is 0.416. The zero-order valence-corrected chi connectivity index (χ0v) is 17.0. The molecular weight excluding hydrogens is 362 g/mol. The average molecular weight is 390 g/mol. The third-order valence-corrected chi connectivity index (χ3v) is 5.12. The lowest BCUT2D eigenvalue weighted by atomic mass is 10.1. The Morgan fingerprint density at radius 3 is 2.48 bits per heavy atom. The van der Waals surface area contributed by atoms with Crippen LogP contribution in [0.3, 0.4) is 0 Å². The number of piperidine rings is 1. The maximum absolute atomic E-state index is 5.42. The molecule has 0 atom stereocenters. The largest absolute Gasteiger partial charge is 0.495 e. The zero-order valence-electron chi connectivity index (χ0n) is 17.0. The van der Waals surface area contributed by atoms with Crippen LogP contribution in [0.1, 0.15) is 24.8 Å². The Morgan fingerprint density at radius 1 is 0.931 bits per heavy atom. The second-order valence-corrected chi connectivity index (χ2v) is 7.31. The number of benzene rings is 2. The summed E-state index contributed by atoms with van der Waals surface area (Å²) < 4.78 is 5.42. The number of rotatable bonds is 6. The standard InChI is InChI=1S/C23H27N5O/c1-17-6-11-21(29-2)20(16-17)26-23-24-13-12-22(27-23)25-18-7-9-19(10-8-18)28-14-4-3-5-15-28/h6-13,16H,3-5,14-15H2,1-2H3,(H2,24,25,26,27). The summed E-state index contributed by atoms with van der Waals surface area (Å²) >= 11 is 0. The highest BCUT2D eigenvalue weighted by Crippen LogP contribution is 2.28. The smallest absolute Gasteiger partial charge is 0.229 e. The van der Waals surface area contributed by atoms with Crippen LogP contribution in [0, 0.1) is 6.92 Å². The van der Waals surface area contributed by atoms with Crippen molar-refractivity contribution in [3.63, 3.8) is 0 Å². The molecule has 29 heavy (non-hydrogen) atoms. The number of methoxy groups -OCH3 is 1. The summed E-state index contributed by atoms with van der Waals surface area (Å²) in [6.45, 7) is 4.34. The van der Waals surface area contributed by atoms with E-state index in [2.05, 4.69) is 49.8 Å². The van der Waals surface area contributed by atoms with E-state index in [9.17, 15) is 0 Å². The van der Waals surface area contributed by atoms with Gasteiger partial charge in [0.1, 0.15) is 11.6 Å². The molecule has 150 valence electrons. The summed E-state index contributed by atoms with van der Waals surface area (Å²) in [5.74, 6) is 2.01. The van der Waals surface area contributed by atoms with Crippen molar-refractivity contribution in [2.45, 2.75) is 26.2 Å². The SMILES string of the molecule is COc1ccc(C)cc1Nc1nccc(Nc2ccc(N3CCCCC3)cc2)n1. The number of ether oxygens (including phenoxy) is 1. The molecule has 0 saturated carbocycles. The van der Waals surface area contributed by atoms with Gasteiger partial charge >= 0.3 is 0 Å². The highest BCUT2D eigenvalue weighted by molar-refractivity contribution is 5.65. The first-order valence-electron chi connectivity index (χ1n) is 10.1. The van der Waals surface area contributed by atoms with Gasteiger partial charge in [0.05, 0.1) is 12.8 Å². The van der Waals surface area contributed by atoms with E-state index in [1.807, 2.05) is 31.2 Å². The van der Waals surface area contributed by atoms with Gasteiger partial charge in [0.2, 0.25) is 5.95 Å². The van der Waals surface area contributed by atoms with Crippen LogP contribution in [-0.4, -0.2) is 30.2 Å². The van der Waals surface area contributed by atoms with Gasteiger partial charge in [-0.15, -0.1) is 0 Å². The van der Waals surface area contributed by atoms with Crippen molar-refractivity contribution in [3.8, 4) is 5.75 Å². The molecule has 1 aromatic heterocycles. The van der Waals surface area contributed by atoms with Crippen molar-refractivity contribution in [1.82, 2.24) is 9.97 Å². The average Bonchev–Trinajstić information content (AvgIpc) is 2.75. The maximum atomic E-state index is 5.42. The molecule has 2 N–H and O–H groups in total. The number of hydrogen-bond acceptors (Lipinski definition) is 6. The Kier molecular flexibility index (Phi) is 5.79. The molecule has 1 fully saturated rings. The number of nitrogens with one attached hydrogen (secondary N) is 2. The molecule has 0 spiro atoms. The van der Waals surface area contributed by atoms with Crippen LogP contribution in [0.25, 0.3) is 0 Å². The molecule has 0 unspecified atom stereocenters. The van der Waals surface area contributed by atoms with Crippen molar-refractivity contribution < 1.29 is 4.74 Å². The number of nitrogens with zero attached hydrogens (tertiary/aromatic N) is 3. The lowest BCUT2D eigenvalue weighted by Gasteiger charge is -2.28. The summed E-state index contributed by atoms with van der Waals surface area (Å²) in [5, 5.41) is 6.61. The molecule has 0 radical (unpaired) electrons. The Bertz CT molecular complexity index is 952. The Balaban J connectivity index is 1.46. The van der Waals surface area contributed by atoms with Crippen molar-refractivity contribution in [2.75, 3.05) is 35.7 Å². The Labute approximate surface area is 172 Å². The fourth-order valence-corrected chi connectivity index (χ4v) is 3.58. The Hall–Kier alpha value is -3.28. The minimum atomic E-state index is 0.517. The fourth-order valence-electron chi connectivity index (χ4n) is 3.58. The molecule has 6 nitrogen and oxygen atoms in total. The van der Waals surface area contributed by atoms with Gasteiger partial charge in [0.25, 0.3) is 0 Å². The van der Waals surface area contributed by atoms with Crippen LogP contribution in [0.5, 0.6) is 5.75 Å².